The maximum atomic E-state index is 11.4. The minimum Gasteiger partial charge on any atom is -0.506 e. The molecule has 0 amide bonds. The third-order valence-electron chi connectivity index (χ3n) is 39.6. The first-order chi connectivity index (χ1) is 48.7. The van der Waals surface area contributed by atoms with E-state index in [2.05, 4.69) is 48.5 Å². The molecule has 28 bridgehead atoms. The van der Waals surface area contributed by atoms with Crippen LogP contribution in [0.2, 0.25) is 0 Å². The molecule has 6 N–H and O–H groups in total. The number of phenols is 2. The molecule has 32 rings (SSSR count). The summed E-state index contributed by atoms with van der Waals surface area (Å²) in [5.41, 5.74) is 18.7. The topological polar surface area (TPSA) is 111 Å². The van der Waals surface area contributed by atoms with Gasteiger partial charge in [0.15, 0.2) is 0 Å². The van der Waals surface area contributed by atoms with E-state index in [0.717, 1.165) is 159 Å². The number of anilines is 2. The van der Waals surface area contributed by atoms with E-state index in [4.69, 9.17) is 20.9 Å². The van der Waals surface area contributed by atoms with Crippen molar-refractivity contribution in [2.75, 3.05) is 11.5 Å². The highest BCUT2D eigenvalue weighted by atomic mass is 16.5. The molecule has 28 aliphatic rings. The molecule has 0 aromatic heterocycles. The Balaban J connectivity index is 0.709. The van der Waals surface area contributed by atoms with Crippen molar-refractivity contribution in [3.05, 3.63) is 96.1 Å². The highest BCUT2D eigenvalue weighted by Crippen LogP contribution is 2.91. The summed E-state index contributed by atoms with van der Waals surface area (Å²) in [5.74, 6) is 27.3. The smallest absolute Gasteiger partial charge is 0.142 e. The van der Waals surface area contributed by atoms with E-state index in [1.165, 1.54) is 81.8 Å². The van der Waals surface area contributed by atoms with Gasteiger partial charge in [-0.2, -0.15) is 0 Å². The molecule has 0 aliphatic heterocycles. The first kappa shape index (κ1) is 59.9. The van der Waals surface area contributed by atoms with Gasteiger partial charge in [-0.3, -0.25) is 0 Å². The Labute approximate surface area is 598 Å². The second-order valence-corrected chi connectivity index (χ2v) is 43.9. The summed E-state index contributed by atoms with van der Waals surface area (Å²) in [4.78, 5) is 0. The maximum Gasteiger partial charge on any atom is 0.142 e. The molecule has 4 aromatic rings. The van der Waals surface area contributed by atoms with Crippen LogP contribution in [0.5, 0.6) is 34.5 Å². The molecule has 0 heterocycles. The van der Waals surface area contributed by atoms with Crippen molar-refractivity contribution < 1.29 is 19.7 Å². The monoisotopic (exact) mass is 1340 g/mol. The molecule has 28 saturated carbocycles. The number of para-hydroxylation sites is 2. The Bertz CT molecular complexity index is 3850. The van der Waals surface area contributed by atoms with Gasteiger partial charge in [0, 0.05) is 28.7 Å². The van der Waals surface area contributed by atoms with Crippen LogP contribution in [-0.2, 0) is 5.41 Å². The molecule has 28 fully saturated rings. The van der Waals surface area contributed by atoms with E-state index in [1.807, 2.05) is 24.3 Å². The minimum atomic E-state index is -0.443. The number of rotatable bonds is 12. The van der Waals surface area contributed by atoms with Gasteiger partial charge in [-0.15, -0.1) is 0 Å². The van der Waals surface area contributed by atoms with Crippen molar-refractivity contribution in [3.63, 3.8) is 0 Å². The Morgan fingerprint density at radius 3 is 0.970 bits per heavy atom. The zero-order valence-electron chi connectivity index (χ0n) is 60.4. The van der Waals surface area contributed by atoms with E-state index in [1.54, 1.807) is 173 Å². The van der Waals surface area contributed by atoms with Crippen molar-refractivity contribution in [3.8, 4) is 34.5 Å². The van der Waals surface area contributed by atoms with Crippen molar-refractivity contribution in [2.45, 2.75) is 237 Å². The van der Waals surface area contributed by atoms with Crippen molar-refractivity contribution >= 4 is 11.4 Å². The Kier molecular flexibility index (Phi) is 12.0. The number of nitrogens with two attached hydrogens (primary N) is 2. The fourth-order valence-electron chi connectivity index (χ4n) is 41.9. The highest BCUT2D eigenvalue weighted by Gasteiger charge is 2.84. The fraction of sp³-hybridized carbons (Fsp3) is 0.745. The van der Waals surface area contributed by atoms with Crippen LogP contribution in [0.25, 0.3) is 0 Å². The number of aromatic hydroxyl groups is 2. The van der Waals surface area contributed by atoms with Crippen LogP contribution in [0.1, 0.15) is 242 Å². The predicted molar refractivity (Wildman–Crippen MR) is 393 cm³/mol. The molecule has 17 unspecified atom stereocenters. The van der Waals surface area contributed by atoms with Crippen LogP contribution < -0.4 is 20.9 Å². The van der Waals surface area contributed by atoms with Crippen LogP contribution in [0, 0.1) is 192 Å². The summed E-state index contributed by atoms with van der Waals surface area (Å²) in [5, 5.41) is 22.8. The lowest BCUT2D eigenvalue weighted by Gasteiger charge is -2.84. The van der Waals surface area contributed by atoms with Gasteiger partial charge in [-0.05, 0) is 459 Å². The first-order valence-corrected chi connectivity index (χ1v) is 43.4. The lowest BCUT2D eigenvalue weighted by molar-refractivity contribution is -0.347. The summed E-state index contributed by atoms with van der Waals surface area (Å²) in [6.45, 7) is 0. The van der Waals surface area contributed by atoms with Gasteiger partial charge in [0.05, 0.1) is 11.4 Å². The summed E-state index contributed by atoms with van der Waals surface area (Å²) in [7, 11) is 0. The number of nitrogen functional groups attached to an aromatic ring is 2. The van der Waals surface area contributed by atoms with E-state index in [9.17, 15) is 10.2 Å². The zero-order valence-corrected chi connectivity index (χ0v) is 60.4. The molecule has 0 spiro atoms. The van der Waals surface area contributed by atoms with E-state index in [0.29, 0.717) is 55.9 Å². The third-order valence-corrected chi connectivity index (χ3v) is 39.6. The maximum absolute atomic E-state index is 11.4. The first-order valence-electron chi connectivity index (χ1n) is 43.4. The molecule has 100 heavy (non-hydrogen) atoms. The fourth-order valence-corrected chi connectivity index (χ4v) is 41.9. The molecular formula is C94H118N2O4. The van der Waals surface area contributed by atoms with Gasteiger partial charge >= 0.3 is 0 Å². The minimum absolute atomic E-state index is 0.0502. The average Bonchev–Trinajstić information content (AvgIpc) is 0.642. The quantitative estimate of drug-likeness (QED) is 0.0831. The van der Waals surface area contributed by atoms with E-state index < -0.39 is 5.41 Å². The second-order valence-electron chi connectivity index (χ2n) is 43.9. The van der Waals surface area contributed by atoms with E-state index >= 15 is 0 Å². The molecule has 4 aromatic carbocycles. The Morgan fingerprint density at radius 1 is 0.300 bits per heavy atom. The van der Waals surface area contributed by atoms with Crippen LogP contribution in [0.3, 0.4) is 0 Å². The van der Waals surface area contributed by atoms with Crippen molar-refractivity contribution in [1.82, 2.24) is 0 Å². The van der Waals surface area contributed by atoms with Crippen LogP contribution in [0.4, 0.5) is 11.4 Å². The summed E-state index contributed by atoms with van der Waals surface area (Å²) >= 11 is 0. The highest BCUT2D eigenvalue weighted by molar-refractivity contribution is 5.62. The van der Waals surface area contributed by atoms with Crippen LogP contribution in [-0.4, -0.2) is 10.2 Å². The number of ether oxygens (including phenoxy) is 2. The normalized spacial score (nSPS) is 54.3. The van der Waals surface area contributed by atoms with Gasteiger partial charge in [-0.1, -0.05) is 36.4 Å². The van der Waals surface area contributed by atoms with Gasteiger partial charge in [0.25, 0.3) is 0 Å². The van der Waals surface area contributed by atoms with Gasteiger partial charge in [0.1, 0.15) is 34.5 Å². The largest absolute Gasteiger partial charge is 0.506 e. The number of hydrogen-bond donors (Lipinski definition) is 4. The van der Waals surface area contributed by atoms with Crippen LogP contribution in [0.15, 0.2) is 84.9 Å². The number of benzene rings is 4. The number of phenolic OH excluding ortho intramolecular Hbond substituents is 2. The van der Waals surface area contributed by atoms with Crippen molar-refractivity contribution in [1.29, 1.82) is 0 Å². The second kappa shape index (κ2) is 20.0. The van der Waals surface area contributed by atoms with Gasteiger partial charge in [0.2, 0.25) is 0 Å². The molecule has 6 heteroatoms. The molecule has 528 valence electrons. The van der Waals surface area contributed by atoms with Gasteiger partial charge in [-0.25, -0.2) is 0 Å². The average molecular weight is 1340 g/mol. The number of hydrogen-bond acceptors (Lipinski definition) is 6. The molecule has 28 aliphatic carbocycles. The lowest BCUT2D eigenvalue weighted by Crippen LogP contribution is -2.78. The van der Waals surface area contributed by atoms with Gasteiger partial charge < -0.3 is 31.2 Å². The van der Waals surface area contributed by atoms with Crippen LogP contribution >= 0.6 is 0 Å². The molecule has 0 saturated heterocycles. The summed E-state index contributed by atoms with van der Waals surface area (Å²) in [6.07, 6.45) is 56.2. The predicted octanol–water partition coefficient (Wildman–Crippen LogP) is 22.4. The van der Waals surface area contributed by atoms with Crippen molar-refractivity contribution in [2.24, 2.45) is 192 Å². The molecular weight excluding hydrogens is 1220 g/mol. The molecule has 0 radical (unpaired) electrons. The zero-order chi connectivity index (χ0) is 65.6. The molecule has 6 nitrogen and oxygen atoms in total. The summed E-state index contributed by atoms with van der Waals surface area (Å²) < 4.78 is 15.1. The SMILES string of the molecule is Nc1ccc(Oc2ccccc2C2(c3ccccc3Oc3ccc(N)c(O)c3)C3CC4CC(C3)CC2(C23CC5CC(CC(C5)C2C25CC6CC(CC(C6)C2C26CC7CC(CC(C7)C2C27CC8CC(CC(C8)C2C28CC9CC(CC(C9)C2C29CC%10CC(CC(C%10)C2)C9)C8)C7)C6)C5)C3)C4)cc1O. The van der Waals surface area contributed by atoms with E-state index in [-0.39, 0.29) is 22.3 Å². The lowest BCUT2D eigenvalue weighted by atomic mass is 9.20. The molecule has 17 atom stereocenters. The third kappa shape index (κ3) is 7.54. The standard InChI is InChI=1S/C94H118N2O4/c95-76-11-9-72(34-78(76)97)99-80-7-3-1-5-74(80)94(75-6-2-4-8-81(75)100-73-10-12-77(96)79(98)35-73)71-32-64-21-65(33-71)50-93(94,49-64)92-47-62-20-63(48-92)31-70(30-62)86(92)91-45-60-19-61(46-91)29-69(28-60)85(91)90-43-58-18-59(44-90)27-68(26-58)84(90)89-41-56-17-57(42-89)25-67(24-56)83(89)88-39-54-16-55(40-88)23-66(22-54)82(88)87-36-51-13-52(37-87)15-53(14-51)38-87/h1-12,34-35,51-71,82-86,97-98H,13-33,36-50,95-96H2. The Hall–Kier alpha value is -4.32. The Morgan fingerprint density at radius 2 is 0.600 bits per heavy atom. The summed E-state index contributed by atoms with van der Waals surface area (Å²) in [6, 6.07) is 30.2.